The molecular formula is C24H36F2N2O4S. The molecule has 0 radical (unpaired) electrons. The lowest BCUT2D eigenvalue weighted by Crippen LogP contribution is -2.43. The lowest BCUT2D eigenvalue weighted by Gasteiger charge is -2.32. The van der Waals surface area contributed by atoms with Gasteiger partial charge in [-0.15, -0.1) is 0 Å². The predicted molar refractivity (Wildman–Crippen MR) is 126 cm³/mol. The smallest absolute Gasteiger partial charge is 0.293 e. The summed E-state index contributed by atoms with van der Waals surface area (Å²) in [5.74, 6) is -1.14. The van der Waals surface area contributed by atoms with Gasteiger partial charge < -0.3 is 14.2 Å². The first-order chi connectivity index (χ1) is 15.9. The molecule has 3 unspecified atom stereocenters. The van der Waals surface area contributed by atoms with Crippen LogP contribution in [0.5, 0.6) is 5.75 Å². The van der Waals surface area contributed by atoms with Gasteiger partial charge in [-0.25, -0.2) is 8.78 Å². The Morgan fingerprint density at radius 3 is 2.67 bits per heavy atom. The second-order valence-corrected chi connectivity index (χ2v) is 9.67. The summed E-state index contributed by atoms with van der Waals surface area (Å²) in [6.07, 6.45) is 6.86. The molecule has 0 amide bonds. The third-order valence-electron chi connectivity index (χ3n) is 6.93. The summed E-state index contributed by atoms with van der Waals surface area (Å²) >= 11 is 1.65. The minimum absolute atomic E-state index is 0.0543. The third-order valence-corrected chi connectivity index (χ3v) is 7.47. The summed E-state index contributed by atoms with van der Waals surface area (Å²) in [5, 5.41) is 0. The first-order valence-corrected chi connectivity index (χ1v) is 13.0. The molecular weight excluding hydrogens is 450 g/mol. The van der Waals surface area contributed by atoms with Crippen molar-refractivity contribution in [2.45, 2.75) is 75.6 Å². The van der Waals surface area contributed by atoms with Crippen LogP contribution in [0.1, 0.15) is 56.9 Å². The summed E-state index contributed by atoms with van der Waals surface area (Å²) in [5.41, 5.74) is 0.376. The molecule has 1 aliphatic heterocycles. The van der Waals surface area contributed by atoms with Crippen molar-refractivity contribution in [2.24, 2.45) is 0 Å². The topological polar surface area (TPSA) is 60.0 Å². The molecule has 1 aromatic carbocycles. The highest BCUT2D eigenvalue weighted by Gasteiger charge is 2.37. The molecule has 1 aliphatic carbocycles. The number of benzene rings is 1. The van der Waals surface area contributed by atoms with Crippen molar-refractivity contribution in [1.29, 1.82) is 0 Å². The Hall–Kier alpha value is -1.42. The van der Waals surface area contributed by atoms with Crippen molar-refractivity contribution in [3.63, 3.8) is 0 Å². The number of halogens is 2. The minimum atomic E-state index is -0.505. The van der Waals surface area contributed by atoms with E-state index in [-0.39, 0.29) is 31.0 Å². The third kappa shape index (κ3) is 7.04. The van der Waals surface area contributed by atoms with Crippen molar-refractivity contribution in [2.75, 3.05) is 33.1 Å². The largest absolute Gasteiger partial charge is 0.490 e. The lowest BCUT2D eigenvalue weighted by atomic mass is 9.82. The van der Waals surface area contributed by atoms with Crippen LogP contribution in [0, 0.1) is 11.6 Å². The van der Waals surface area contributed by atoms with Gasteiger partial charge in [-0.2, -0.15) is 0 Å². The molecule has 2 aliphatic rings. The maximum absolute atomic E-state index is 15.0. The van der Waals surface area contributed by atoms with Gasteiger partial charge in [-0.1, -0.05) is 11.9 Å². The molecule has 1 aromatic rings. The number of hydrogen-bond acceptors (Lipinski definition) is 7. The van der Waals surface area contributed by atoms with E-state index in [1.807, 2.05) is 6.26 Å². The fraction of sp³-hybridized carbons (Fsp3) is 0.708. The van der Waals surface area contributed by atoms with Gasteiger partial charge in [0.25, 0.3) is 6.47 Å². The van der Waals surface area contributed by atoms with E-state index in [2.05, 4.69) is 28.3 Å². The zero-order valence-electron chi connectivity index (χ0n) is 19.7. The molecule has 33 heavy (non-hydrogen) atoms. The van der Waals surface area contributed by atoms with Crippen LogP contribution in [0.15, 0.2) is 12.1 Å². The molecule has 1 saturated carbocycles. The van der Waals surface area contributed by atoms with E-state index in [0.717, 1.165) is 38.2 Å². The molecule has 0 bridgehead atoms. The van der Waals surface area contributed by atoms with Gasteiger partial charge in [0.1, 0.15) is 5.82 Å². The molecule has 0 spiro atoms. The maximum Gasteiger partial charge on any atom is 0.293 e. The van der Waals surface area contributed by atoms with E-state index >= 15 is 4.39 Å². The molecule has 1 N–H and O–H groups in total. The number of carbonyl (C=O) groups excluding carboxylic acids is 1. The van der Waals surface area contributed by atoms with Crippen molar-refractivity contribution in [3.05, 3.63) is 29.3 Å². The summed E-state index contributed by atoms with van der Waals surface area (Å²) in [6.45, 7) is 3.60. The second kappa shape index (κ2) is 12.9. The summed E-state index contributed by atoms with van der Waals surface area (Å²) in [4.78, 5) is 12.6. The average molecular weight is 487 g/mol. The van der Waals surface area contributed by atoms with E-state index < -0.39 is 11.6 Å². The first kappa shape index (κ1) is 26.2. The molecule has 6 nitrogen and oxygen atoms in total. The Morgan fingerprint density at radius 2 is 1.97 bits per heavy atom. The van der Waals surface area contributed by atoms with Crippen molar-refractivity contribution < 1.29 is 27.8 Å². The highest BCUT2D eigenvalue weighted by molar-refractivity contribution is 7.96. The van der Waals surface area contributed by atoms with Gasteiger partial charge >= 0.3 is 0 Å². The van der Waals surface area contributed by atoms with E-state index in [1.54, 1.807) is 11.9 Å². The lowest BCUT2D eigenvalue weighted by molar-refractivity contribution is -0.128. The molecule has 0 aromatic heterocycles. The number of nitrogens with one attached hydrogen (secondary N) is 1. The van der Waals surface area contributed by atoms with Crippen LogP contribution >= 0.6 is 11.9 Å². The Labute approximate surface area is 199 Å². The van der Waals surface area contributed by atoms with Gasteiger partial charge in [-0.05, 0) is 69.9 Å². The molecule has 3 rings (SSSR count). The van der Waals surface area contributed by atoms with Gasteiger partial charge in [0.15, 0.2) is 11.6 Å². The molecule has 2 fully saturated rings. The second-order valence-electron chi connectivity index (χ2n) is 9.03. The first-order valence-electron chi connectivity index (χ1n) is 11.7. The normalized spacial score (nSPS) is 28.1. The van der Waals surface area contributed by atoms with E-state index in [9.17, 15) is 9.18 Å². The summed E-state index contributed by atoms with van der Waals surface area (Å²) < 4.78 is 49.0. The summed E-state index contributed by atoms with van der Waals surface area (Å²) in [7, 11) is 2.15. The van der Waals surface area contributed by atoms with Crippen molar-refractivity contribution in [3.8, 4) is 5.75 Å². The van der Waals surface area contributed by atoms with Crippen LogP contribution in [-0.4, -0.2) is 68.7 Å². The van der Waals surface area contributed by atoms with Crippen LogP contribution in [0.2, 0.25) is 0 Å². The summed E-state index contributed by atoms with van der Waals surface area (Å²) in [6, 6.07) is 3.62. The number of nitrogens with zero attached hydrogens (tertiary/aromatic N) is 1. The molecule has 186 valence electrons. The maximum atomic E-state index is 15.0. The van der Waals surface area contributed by atoms with Gasteiger partial charge in [-0.3, -0.25) is 14.4 Å². The van der Waals surface area contributed by atoms with E-state index in [0.29, 0.717) is 43.2 Å². The number of rotatable bonds is 12. The fourth-order valence-electron chi connectivity index (χ4n) is 4.95. The average Bonchev–Trinajstić information content (AvgIpc) is 3.07. The van der Waals surface area contributed by atoms with Gasteiger partial charge in [0.2, 0.25) is 0 Å². The number of ether oxygens (including phenoxy) is 3. The monoisotopic (exact) mass is 486 g/mol. The Morgan fingerprint density at radius 1 is 1.21 bits per heavy atom. The van der Waals surface area contributed by atoms with Crippen LogP contribution in [0.4, 0.5) is 8.78 Å². The molecule has 9 heteroatoms. The van der Waals surface area contributed by atoms with Crippen LogP contribution in [0.25, 0.3) is 0 Å². The number of hydrogen-bond donors (Lipinski definition) is 1. The quantitative estimate of drug-likeness (QED) is 0.269. The van der Waals surface area contributed by atoms with E-state index in [4.69, 9.17) is 9.47 Å². The molecule has 3 atom stereocenters. The minimum Gasteiger partial charge on any atom is -0.490 e. The van der Waals surface area contributed by atoms with Crippen LogP contribution in [-0.2, 0) is 14.3 Å². The highest BCUT2D eigenvalue weighted by atomic mass is 32.2. The van der Waals surface area contributed by atoms with Crippen LogP contribution in [0.3, 0.4) is 0 Å². The number of likely N-dealkylation sites (tertiary alicyclic amines) is 1. The zero-order valence-corrected chi connectivity index (χ0v) is 20.5. The zero-order chi connectivity index (χ0) is 23.8. The Kier molecular flexibility index (Phi) is 10.2. The fourth-order valence-corrected chi connectivity index (χ4v) is 5.50. The van der Waals surface area contributed by atoms with Crippen LogP contribution < -0.4 is 9.46 Å². The number of likely N-dealkylation sites (N-methyl/N-ethyl adjacent to an activating group) is 1. The SMILES string of the molecule is CSNC1CC(C)N(C)C1COC1CCC(c2cc(F)cc(OCCCOC=O)c2F)CC1. The van der Waals surface area contributed by atoms with Crippen molar-refractivity contribution in [1.82, 2.24) is 9.62 Å². The molecule has 1 saturated heterocycles. The highest BCUT2D eigenvalue weighted by Crippen LogP contribution is 2.38. The standard InChI is InChI=1S/C24H36F2N2O4S/c1-16-11-21(27-33-3)22(28(16)2)14-32-19-7-5-17(6-8-19)20-12-18(25)13-23(24(20)26)31-10-4-9-30-15-29/h12-13,15-17,19,21-22,27H,4-11,14H2,1-3H3. The molecule has 1 heterocycles. The Bertz CT molecular complexity index is 764. The van der Waals surface area contributed by atoms with Crippen molar-refractivity contribution >= 4 is 18.4 Å². The van der Waals surface area contributed by atoms with Gasteiger partial charge in [0.05, 0.1) is 25.9 Å². The number of carbonyl (C=O) groups is 1. The predicted octanol–water partition coefficient (Wildman–Crippen LogP) is 4.28. The van der Waals surface area contributed by atoms with E-state index in [1.165, 1.54) is 6.07 Å². The Balaban J connectivity index is 1.51. The van der Waals surface area contributed by atoms with Gasteiger partial charge in [0, 0.05) is 30.6 Å².